The van der Waals surface area contributed by atoms with Crippen LogP contribution in [-0.2, 0) is 9.84 Å². The summed E-state index contributed by atoms with van der Waals surface area (Å²) in [6.45, 7) is 7.62. The third kappa shape index (κ3) is 4.80. The summed E-state index contributed by atoms with van der Waals surface area (Å²) in [6, 6.07) is 0.629. The average molecular weight is 248 g/mol. The van der Waals surface area contributed by atoms with Crippen LogP contribution < -0.4 is 5.32 Å². The smallest absolute Gasteiger partial charge is 0.151 e. The molecule has 0 radical (unpaired) electrons. The van der Waals surface area contributed by atoms with Crippen molar-refractivity contribution in [2.24, 2.45) is 0 Å². The van der Waals surface area contributed by atoms with E-state index in [0.29, 0.717) is 18.3 Å². The Morgan fingerprint density at radius 2 is 1.88 bits per heavy atom. The van der Waals surface area contributed by atoms with Gasteiger partial charge in [-0.3, -0.25) is 0 Å². The number of nitrogens with zero attached hydrogens (tertiary/aromatic N) is 1. The Balaban J connectivity index is 2.22. The number of sulfone groups is 1. The summed E-state index contributed by atoms with van der Waals surface area (Å²) >= 11 is 0. The van der Waals surface area contributed by atoms with Crippen LogP contribution in [0.3, 0.4) is 0 Å². The van der Waals surface area contributed by atoms with Gasteiger partial charge in [-0.1, -0.05) is 13.8 Å². The van der Waals surface area contributed by atoms with Crippen molar-refractivity contribution in [1.29, 1.82) is 0 Å². The topological polar surface area (TPSA) is 49.4 Å². The molecule has 1 fully saturated rings. The summed E-state index contributed by atoms with van der Waals surface area (Å²) in [7, 11) is -2.80. The fourth-order valence-corrected chi connectivity index (χ4v) is 2.89. The number of likely N-dealkylation sites (tertiary alicyclic amines) is 1. The Labute approximate surface area is 99.3 Å². The molecule has 0 saturated carbocycles. The molecule has 0 aromatic heterocycles. The molecule has 0 aromatic rings. The Bertz CT molecular complexity index is 282. The van der Waals surface area contributed by atoms with Gasteiger partial charge in [-0.2, -0.15) is 0 Å². The van der Waals surface area contributed by atoms with E-state index < -0.39 is 9.84 Å². The second-order valence-electron chi connectivity index (χ2n) is 4.41. The lowest BCUT2D eigenvalue weighted by molar-refractivity contribution is 0.208. The van der Waals surface area contributed by atoms with Crippen LogP contribution in [0.4, 0.5) is 0 Å². The zero-order valence-electron chi connectivity index (χ0n) is 10.4. The minimum Gasteiger partial charge on any atom is -0.314 e. The van der Waals surface area contributed by atoms with Gasteiger partial charge in [0.1, 0.15) is 0 Å². The molecule has 16 heavy (non-hydrogen) atoms. The molecule has 0 amide bonds. The third-order valence-corrected chi connectivity index (χ3v) is 4.92. The Morgan fingerprint density at radius 3 is 2.38 bits per heavy atom. The highest BCUT2D eigenvalue weighted by molar-refractivity contribution is 7.91. The molecule has 5 heteroatoms. The molecular formula is C11H24N2O2S. The molecular weight excluding hydrogens is 224 g/mol. The lowest BCUT2D eigenvalue weighted by Crippen LogP contribution is -2.43. The second kappa shape index (κ2) is 6.57. The Morgan fingerprint density at radius 1 is 1.25 bits per heavy atom. The van der Waals surface area contributed by atoms with Gasteiger partial charge in [0.15, 0.2) is 9.84 Å². The summed E-state index contributed by atoms with van der Waals surface area (Å²) in [6.07, 6.45) is 2.28. The second-order valence-corrected chi connectivity index (χ2v) is 6.88. The molecule has 0 atom stereocenters. The van der Waals surface area contributed by atoms with E-state index in [-0.39, 0.29) is 5.75 Å². The summed E-state index contributed by atoms with van der Waals surface area (Å²) < 4.78 is 22.7. The highest BCUT2D eigenvalue weighted by Gasteiger charge is 2.19. The Hall–Kier alpha value is -0.130. The van der Waals surface area contributed by atoms with Crippen LogP contribution >= 0.6 is 0 Å². The summed E-state index contributed by atoms with van der Waals surface area (Å²) in [5.41, 5.74) is 0. The fraction of sp³-hybridized carbons (Fsp3) is 1.00. The quantitative estimate of drug-likeness (QED) is 0.743. The van der Waals surface area contributed by atoms with Crippen LogP contribution in [0.2, 0.25) is 0 Å². The molecule has 1 rings (SSSR count). The van der Waals surface area contributed by atoms with E-state index in [4.69, 9.17) is 0 Å². The fourth-order valence-electron chi connectivity index (χ4n) is 2.06. The maximum absolute atomic E-state index is 11.4. The van der Waals surface area contributed by atoms with Gasteiger partial charge in [-0.05, 0) is 32.5 Å². The van der Waals surface area contributed by atoms with Crippen LogP contribution in [0.1, 0.15) is 26.7 Å². The molecule has 0 aromatic carbocycles. The minimum atomic E-state index is -2.80. The lowest BCUT2D eigenvalue weighted by Gasteiger charge is -2.32. The minimum absolute atomic E-state index is 0.265. The normalized spacial score (nSPS) is 20.1. The van der Waals surface area contributed by atoms with E-state index in [1.807, 2.05) is 0 Å². The van der Waals surface area contributed by atoms with Gasteiger partial charge in [0.2, 0.25) is 0 Å². The highest BCUT2D eigenvalue weighted by atomic mass is 32.2. The number of rotatable bonds is 6. The van der Waals surface area contributed by atoms with Gasteiger partial charge < -0.3 is 10.2 Å². The van der Waals surface area contributed by atoms with Crippen molar-refractivity contribution < 1.29 is 8.42 Å². The van der Waals surface area contributed by atoms with Gasteiger partial charge in [0, 0.05) is 18.3 Å². The molecule has 1 heterocycles. The van der Waals surface area contributed by atoms with Crippen molar-refractivity contribution in [3.8, 4) is 0 Å². The molecule has 1 aliphatic heterocycles. The number of hydrogen-bond donors (Lipinski definition) is 1. The van der Waals surface area contributed by atoms with E-state index in [1.54, 1.807) is 6.92 Å². The van der Waals surface area contributed by atoms with E-state index >= 15 is 0 Å². The van der Waals surface area contributed by atoms with E-state index in [0.717, 1.165) is 32.5 Å². The first-order valence-electron chi connectivity index (χ1n) is 6.23. The molecule has 1 N–H and O–H groups in total. The molecule has 0 bridgehead atoms. The third-order valence-electron chi connectivity index (χ3n) is 3.24. The number of piperidine rings is 1. The number of hydrogen-bond acceptors (Lipinski definition) is 4. The molecule has 1 aliphatic rings. The molecule has 1 saturated heterocycles. The van der Waals surface area contributed by atoms with Crippen molar-refractivity contribution in [3.63, 3.8) is 0 Å². The van der Waals surface area contributed by atoms with E-state index in [9.17, 15) is 8.42 Å². The molecule has 0 unspecified atom stereocenters. The molecule has 0 aliphatic carbocycles. The zero-order chi connectivity index (χ0) is 12.0. The van der Waals surface area contributed by atoms with Crippen molar-refractivity contribution in [3.05, 3.63) is 0 Å². The SMILES string of the molecule is CCNC1CCN(CCS(=O)(=O)CC)CC1. The molecule has 0 spiro atoms. The first kappa shape index (κ1) is 13.9. The van der Waals surface area contributed by atoms with Crippen LogP contribution in [0.5, 0.6) is 0 Å². The van der Waals surface area contributed by atoms with E-state index in [2.05, 4.69) is 17.1 Å². The van der Waals surface area contributed by atoms with Crippen LogP contribution in [0.25, 0.3) is 0 Å². The average Bonchev–Trinajstić information content (AvgIpc) is 2.29. The van der Waals surface area contributed by atoms with Crippen molar-refractivity contribution in [2.45, 2.75) is 32.7 Å². The molecule has 4 nitrogen and oxygen atoms in total. The van der Waals surface area contributed by atoms with Gasteiger partial charge in [0.25, 0.3) is 0 Å². The van der Waals surface area contributed by atoms with Gasteiger partial charge in [-0.15, -0.1) is 0 Å². The maximum Gasteiger partial charge on any atom is 0.151 e. The monoisotopic (exact) mass is 248 g/mol. The van der Waals surface area contributed by atoms with E-state index in [1.165, 1.54) is 0 Å². The Kier molecular flexibility index (Phi) is 5.72. The first-order chi connectivity index (χ1) is 7.57. The van der Waals surface area contributed by atoms with Crippen molar-refractivity contribution in [1.82, 2.24) is 10.2 Å². The van der Waals surface area contributed by atoms with Gasteiger partial charge >= 0.3 is 0 Å². The lowest BCUT2D eigenvalue weighted by atomic mass is 10.1. The number of nitrogens with one attached hydrogen (secondary N) is 1. The van der Waals surface area contributed by atoms with Crippen LogP contribution in [-0.4, -0.2) is 57.0 Å². The predicted molar refractivity (Wildman–Crippen MR) is 67.5 cm³/mol. The standard InChI is InChI=1S/C11H24N2O2S/c1-3-12-11-5-7-13(8-6-11)9-10-16(14,15)4-2/h11-12H,3-10H2,1-2H3. The van der Waals surface area contributed by atoms with Crippen LogP contribution in [0, 0.1) is 0 Å². The predicted octanol–water partition coefficient (Wildman–Crippen LogP) is 0.495. The summed E-state index contributed by atoms with van der Waals surface area (Å²) in [4.78, 5) is 2.26. The largest absolute Gasteiger partial charge is 0.314 e. The highest BCUT2D eigenvalue weighted by Crippen LogP contribution is 2.10. The zero-order valence-corrected chi connectivity index (χ0v) is 11.2. The molecule has 96 valence electrons. The summed E-state index contributed by atoms with van der Waals surface area (Å²) in [5.74, 6) is 0.580. The van der Waals surface area contributed by atoms with Crippen molar-refractivity contribution in [2.75, 3.05) is 37.7 Å². The van der Waals surface area contributed by atoms with Gasteiger partial charge in [0.05, 0.1) is 5.75 Å². The van der Waals surface area contributed by atoms with Crippen molar-refractivity contribution >= 4 is 9.84 Å². The first-order valence-corrected chi connectivity index (χ1v) is 8.05. The summed E-state index contributed by atoms with van der Waals surface area (Å²) in [5, 5.41) is 3.44. The van der Waals surface area contributed by atoms with Crippen LogP contribution in [0.15, 0.2) is 0 Å². The van der Waals surface area contributed by atoms with Gasteiger partial charge in [-0.25, -0.2) is 8.42 Å². The maximum atomic E-state index is 11.4.